The van der Waals surface area contributed by atoms with Gasteiger partial charge in [-0.2, -0.15) is 0 Å². The summed E-state index contributed by atoms with van der Waals surface area (Å²) in [6, 6.07) is 16.6. The summed E-state index contributed by atoms with van der Waals surface area (Å²) in [5, 5.41) is 0. The molecule has 4 rings (SSSR count). The minimum atomic E-state index is -0.510. The van der Waals surface area contributed by atoms with Gasteiger partial charge in [0.05, 0.1) is 18.7 Å². The monoisotopic (exact) mass is 447 g/mol. The first-order chi connectivity index (χ1) is 16.0. The second kappa shape index (κ2) is 10.2. The molecule has 6 nitrogen and oxygen atoms in total. The van der Waals surface area contributed by atoms with E-state index in [1.807, 2.05) is 30.3 Å². The summed E-state index contributed by atoms with van der Waals surface area (Å²) in [6.45, 7) is 2.50. The number of carbonyl (C=O) groups excluding carboxylic acids is 2. The standard InChI is InChI=1S/C26H22FNO5/c1-18(29)23-15-20(27)8-11-24(23)32-17-22-16-28(13-14-31-22)26(30)25-12-10-21(33-25)9-7-19-5-3-2-4-6-19/h2-6,8,10-12,15,22H,13-14,16-17H2,1H3. The van der Waals surface area contributed by atoms with Crippen LogP contribution in [0.1, 0.15) is 39.2 Å². The second-order valence-electron chi connectivity index (χ2n) is 7.53. The molecule has 0 N–H and O–H groups in total. The summed E-state index contributed by atoms with van der Waals surface area (Å²) < 4.78 is 30.5. The molecule has 168 valence electrons. The molecule has 0 saturated carbocycles. The summed E-state index contributed by atoms with van der Waals surface area (Å²) in [5.74, 6) is 5.73. The van der Waals surface area contributed by atoms with Crippen molar-refractivity contribution in [2.24, 2.45) is 0 Å². The predicted octanol–water partition coefficient (Wildman–Crippen LogP) is 3.94. The third-order valence-corrected chi connectivity index (χ3v) is 5.09. The van der Waals surface area contributed by atoms with Gasteiger partial charge in [-0.1, -0.05) is 24.1 Å². The SMILES string of the molecule is CC(=O)c1cc(F)ccc1OCC1CN(C(=O)c2ccc(C#Cc3ccccc3)o2)CCO1. The van der Waals surface area contributed by atoms with Crippen LogP contribution in [0.4, 0.5) is 4.39 Å². The Hall–Kier alpha value is -3.89. The molecule has 3 aromatic rings. The molecule has 0 radical (unpaired) electrons. The van der Waals surface area contributed by atoms with E-state index in [1.54, 1.807) is 17.0 Å². The van der Waals surface area contributed by atoms with E-state index in [9.17, 15) is 14.0 Å². The van der Waals surface area contributed by atoms with Gasteiger partial charge in [-0.25, -0.2) is 4.39 Å². The maximum atomic E-state index is 13.4. The molecule has 33 heavy (non-hydrogen) atoms. The highest BCUT2D eigenvalue weighted by atomic mass is 19.1. The van der Waals surface area contributed by atoms with Gasteiger partial charge in [0.1, 0.15) is 24.3 Å². The maximum absolute atomic E-state index is 13.4. The smallest absolute Gasteiger partial charge is 0.289 e. The maximum Gasteiger partial charge on any atom is 0.289 e. The number of ether oxygens (including phenoxy) is 2. The highest BCUT2D eigenvalue weighted by molar-refractivity contribution is 5.96. The van der Waals surface area contributed by atoms with Crippen molar-refractivity contribution in [1.29, 1.82) is 0 Å². The zero-order chi connectivity index (χ0) is 23.2. The number of furan rings is 1. The van der Waals surface area contributed by atoms with Gasteiger partial charge < -0.3 is 18.8 Å². The molecule has 2 aromatic carbocycles. The van der Waals surface area contributed by atoms with Crippen molar-refractivity contribution in [3.63, 3.8) is 0 Å². The Kier molecular flexibility index (Phi) is 6.86. The van der Waals surface area contributed by atoms with E-state index in [4.69, 9.17) is 13.9 Å². The van der Waals surface area contributed by atoms with E-state index in [0.717, 1.165) is 11.6 Å². The van der Waals surface area contributed by atoms with Gasteiger partial charge in [0.2, 0.25) is 0 Å². The van der Waals surface area contributed by atoms with Gasteiger partial charge >= 0.3 is 0 Å². The lowest BCUT2D eigenvalue weighted by Gasteiger charge is -2.32. The Morgan fingerprint density at radius 2 is 1.94 bits per heavy atom. The number of morpholine rings is 1. The third-order valence-electron chi connectivity index (χ3n) is 5.09. The van der Waals surface area contributed by atoms with E-state index >= 15 is 0 Å². The molecule has 0 aliphatic carbocycles. The first-order valence-electron chi connectivity index (χ1n) is 10.5. The molecule has 1 aromatic heterocycles. The number of ketones is 1. The Morgan fingerprint density at radius 1 is 1.12 bits per heavy atom. The number of hydrogen-bond donors (Lipinski definition) is 0. The van der Waals surface area contributed by atoms with Crippen LogP contribution in [0.15, 0.2) is 65.1 Å². The molecule has 1 fully saturated rings. The number of halogens is 1. The van der Waals surface area contributed by atoms with E-state index in [1.165, 1.54) is 19.1 Å². The quantitative estimate of drug-likeness (QED) is 0.438. The summed E-state index contributed by atoms with van der Waals surface area (Å²) in [6.07, 6.45) is -0.403. The number of carbonyl (C=O) groups is 2. The Bertz CT molecular complexity index is 1210. The van der Waals surface area contributed by atoms with Crippen molar-refractivity contribution in [3.05, 3.63) is 89.1 Å². The van der Waals surface area contributed by atoms with Crippen molar-refractivity contribution < 1.29 is 27.9 Å². The van der Waals surface area contributed by atoms with E-state index in [0.29, 0.717) is 25.5 Å². The lowest BCUT2D eigenvalue weighted by molar-refractivity contribution is -0.0409. The number of benzene rings is 2. The largest absolute Gasteiger partial charge is 0.490 e. The van der Waals surface area contributed by atoms with Gasteiger partial charge in [0, 0.05) is 12.1 Å². The number of amides is 1. The van der Waals surface area contributed by atoms with Crippen molar-refractivity contribution in [3.8, 4) is 17.6 Å². The topological polar surface area (TPSA) is 69.0 Å². The predicted molar refractivity (Wildman–Crippen MR) is 119 cm³/mol. The Labute approximate surface area is 190 Å². The first-order valence-corrected chi connectivity index (χ1v) is 10.5. The lowest BCUT2D eigenvalue weighted by Crippen LogP contribution is -2.47. The summed E-state index contributed by atoms with van der Waals surface area (Å²) in [7, 11) is 0. The molecule has 1 atom stereocenters. The van der Waals surface area contributed by atoms with Crippen LogP contribution in [-0.4, -0.2) is 49.0 Å². The molecule has 1 saturated heterocycles. The second-order valence-corrected chi connectivity index (χ2v) is 7.53. The van der Waals surface area contributed by atoms with Crippen LogP contribution in [0, 0.1) is 17.7 Å². The van der Waals surface area contributed by atoms with Crippen molar-refractivity contribution in [2.75, 3.05) is 26.3 Å². The summed E-state index contributed by atoms with van der Waals surface area (Å²) in [4.78, 5) is 26.3. The van der Waals surface area contributed by atoms with Crippen LogP contribution >= 0.6 is 0 Å². The highest BCUT2D eigenvalue weighted by Crippen LogP contribution is 2.21. The van der Waals surface area contributed by atoms with Crippen LogP contribution in [0.2, 0.25) is 0 Å². The molecule has 0 spiro atoms. The molecule has 1 amide bonds. The van der Waals surface area contributed by atoms with Crippen molar-refractivity contribution >= 4 is 11.7 Å². The molecule has 1 aliphatic rings. The van der Waals surface area contributed by atoms with Crippen molar-refractivity contribution in [2.45, 2.75) is 13.0 Å². The fourth-order valence-corrected chi connectivity index (χ4v) is 3.42. The first kappa shape index (κ1) is 22.3. The minimum absolute atomic E-state index is 0.113. The van der Waals surface area contributed by atoms with E-state index in [-0.39, 0.29) is 35.4 Å². The summed E-state index contributed by atoms with van der Waals surface area (Å²) >= 11 is 0. The number of Topliss-reactive ketones (excluding diaryl/α,β-unsaturated/α-hetero) is 1. The van der Waals surface area contributed by atoms with E-state index < -0.39 is 11.9 Å². The average molecular weight is 447 g/mol. The zero-order valence-corrected chi connectivity index (χ0v) is 18.0. The molecule has 7 heteroatoms. The van der Waals surface area contributed by atoms with Crippen LogP contribution in [0.3, 0.4) is 0 Å². The molecule has 1 unspecified atom stereocenters. The van der Waals surface area contributed by atoms with Gasteiger partial charge in [-0.05, 0) is 55.3 Å². The fraction of sp³-hybridized carbons (Fsp3) is 0.231. The third kappa shape index (κ3) is 5.68. The fourth-order valence-electron chi connectivity index (χ4n) is 3.42. The van der Waals surface area contributed by atoms with Gasteiger partial charge in [0.15, 0.2) is 17.3 Å². The summed E-state index contributed by atoms with van der Waals surface area (Å²) in [5.41, 5.74) is 1.02. The van der Waals surface area contributed by atoms with Crippen LogP contribution in [0.25, 0.3) is 0 Å². The minimum Gasteiger partial charge on any atom is -0.490 e. The zero-order valence-electron chi connectivity index (χ0n) is 18.0. The van der Waals surface area contributed by atoms with E-state index in [2.05, 4.69) is 11.8 Å². The molecular formula is C26H22FNO5. The molecular weight excluding hydrogens is 425 g/mol. The highest BCUT2D eigenvalue weighted by Gasteiger charge is 2.27. The van der Waals surface area contributed by atoms with Crippen LogP contribution < -0.4 is 4.74 Å². The Balaban J connectivity index is 1.37. The van der Waals surface area contributed by atoms with Crippen molar-refractivity contribution in [1.82, 2.24) is 4.90 Å². The molecule has 0 bridgehead atoms. The lowest BCUT2D eigenvalue weighted by atomic mass is 10.1. The molecule has 2 heterocycles. The van der Waals surface area contributed by atoms with Gasteiger partial charge in [-0.3, -0.25) is 9.59 Å². The van der Waals surface area contributed by atoms with Crippen LogP contribution in [0.5, 0.6) is 5.75 Å². The Morgan fingerprint density at radius 3 is 2.73 bits per heavy atom. The normalized spacial score (nSPS) is 15.5. The van der Waals surface area contributed by atoms with Crippen LogP contribution in [-0.2, 0) is 4.74 Å². The number of rotatable bonds is 5. The average Bonchev–Trinajstić information content (AvgIpc) is 3.31. The number of hydrogen-bond acceptors (Lipinski definition) is 5. The molecule has 1 aliphatic heterocycles. The van der Waals surface area contributed by atoms with Gasteiger partial charge in [0.25, 0.3) is 5.91 Å². The van der Waals surface area contributed by atoms with Gasteiger partial charge in [-0.15, -0.1) is 0 Å². The number of nitrogens with zero attached hydrogens (tertiary/aromatic N) is 1.